The molecule has 0 aromatic rings. The van der Waals surface area contributed by atoms with Crippen LogP contribution in [0, 0.1) is 11.8 Å². The zero-order valence-corrected chi connectivity index (χ0v) is 13.0. The first-order chi connectivity index (χ1) is 9.60. The summed E-state index contributed by atoms with van der Waals surface area (Å²) in [6, 6.07) is 0. The van der Waals surface area contributed by atoms with Gasteiger partial charge in [-0.2, -0.15) is 0 Å². The Morgan fingerprint density at radius 3 is 2.85 bits per heavy atom. The SMILES string of the molecule is COC[C@@H](C)C(=O)N1CCO[C@H](CN(C)CC2CC2)C1. The molecule has 2 atom stereocenters. The molecule has 0 radical (unpaired) electrons. The van der Waals surface area contributed by atoms with Crippen molar-refractivity contribution in [1.82, 2.24) is 9.80 Å². The second-order valence-corrected chi connectivity index (χ2v) is 6.30. The predicted octanol–water partition coefficient (Wildman–Crippen LogP) is 0.838. The monoisotopic (exact) mass is 284 g/mol. The third-order valence-electron chi connectivity index (χ3n) is 4.07. The number of hydrogen-bond acceptors (Lipinski definition) is 4. The van der Waals surface area contributed by atoms with E-state index in [1.165, 1.54) is 12.8 Å². The van der Waals surface area contributed by atoms with E-state index in [0.29, 0.717) is 26.3 Å². The first-order valence-corrected chi connectivity index (χ1v) is 7.68. The van der Waals surface area contributed by atoms with Crippen LogP contribution < -0.4 is 0 Å². The van der Waals surface area contributed by atoms with Crippen molar-refractivity contribution in [2.45, 2.75) is 25.9 Å². The Balaban J connectivity index is 1.76. The van der Waals surface area contributed by atoms with Crippen LogP contribution >= 0.6 is 0 Å². The van der Waals surface area contributed by atoms with E-state index in [-0.39, 0.29) is 17.9 Å². The highest BCUT2D eigenvalue weighted by Crippen LogP contribution is 2.29. The van der Waals surface area contributed by atoms with Crippen LogP contribution in [0.5, 0.6) is 0 Å². The van der Waals surface area contributed by atoms with Crippen molar-refractivity contribution >= 4 is 5.91 Å². The summed E-state index contributed by atoms with van der Waals surface area (Å²) in [5, 5.41) is 0. The Bertz CT molecular complexity index is 320. The molecule has 1 amide bonds. The molecule has 2 aliphatic rings. The standard InChI is InChI=1S/C15H28N2O3/c1-12(11-19-3)15(18)17-6-7-20-14(10-17)9-16(2)8-13-4-5-13/h12-14H,4-11H2,1-3H3/t12-,14-/m1/s1. The summed E-state index contributed by atoms with van der Waals surface area (Å²) in [4.78, 5) is 16.6. The average molecular weight is 284 g/mol. The van der Waals surface area contributed by atoms with Gasteiger partial charge in [0.1, 0.15) is 0 Å². The lowest BCUT2D eigenvalue weighted by atomic mass is 10.1. The van der Waals surface area contributed by atoms with Crippen LogP contribution in [0.3, 0.4) is 0 Å². The molecule has 116 valence electrons. The van der Waals surface area contributed by atoms with Crippen molar-refractivity contribution in [3.8, 4) is 0 Å². The Morgan fingerprint density at radius 2 is 2.20 bits per heavy atom. The first kappa shape index (κ1) is 15.7. The number of carbonyl (C=O) groups is 1. The van der Waals surface area contributed by atoms with Crippen molar-refractivity contribution in [2.75, 3.05) is 53.6 Å². The molecule has 2 fully saturated rings. The van der Waals surface area contributed by atoms with Crippen molar-refractivity contribution in [3.63, 3.8) is 0 Å². The van der Waals surface area contributed by atoms with Gasteiger partial charge in [0.05, 0.1) is 25.2 Å². The number of ether oxygens (including phenoxy) is 2. The Morgan fingerprint density at radius 1 is 1.45 bits per heavy atom. The minimum atomic E-state index is -0.0667. The molecule has 20 heavy (non-hydrogen) atoms. The van der Waals surface area contributed by atoms with Crippen LogP contribution in [0.1, 0.15) is 19.8 Å². The van der Waals surface area contributed by atoms with Crippen molar-refractivity contribution in [2.24, 2.45) is 11.8 Å². The maximum atomic E-state index is 12.3. The largest absolute Gasteiger partial charge is 0.384 e. The van der Waals surface area contributed by atoms with Crippen molar-refractivity contribution in [3.05, 3.63) is 0 Å². The molecule has 1 aliphatic carbocycles. The number of methoxy groups -OCH3 is 1. The molecule has 0 aromatic heterocycles. The summed E-state index contributed by atoms with van der Waals surface area (Å²) in [5.41, 5.74) is 0. The summed E-state index contributed by atoms with van der Waals surface area (Å²) in [5.74, 6) is 1.01. The number of amides is 1. The van der Waals surface area contributed by atoms with Gasteiger partial charge >= 0.3 is 0 Å². The van der Waals surface area contributed by atoms with E-state index in [1.54, 1.807) is 7.11 Å². The highest BCUT2D eigenvalue weighted by molar-refractivity contribution is 5.78. The van der Waals surface area contributed by atoms with E-state index in [0.717, 1.165) is 19.0 Å². The molecule has 1 heterocycles. The van der Waals surface area contributed by atoms with Gasteiger partial charge in [-0.1, -0.05) is 6.92 Å². The van der Waals surface area contributed by atoms with E-state index in [2.05, 4.69) is 11.9 Å². The third kappa shape index (κ3) is 4.72. The maximum absolute atomic E-state index is 12.3. The van der Waals surface area contributed by atoms with Crippen LogP contribution in [0.15, 0.2) is 0 Å². The molecule has 2 rings (SSSR count). The summed E-state index contributed by atoms with van der Waals surface area (Å²) in [6.07, 6.45) is 2.88. The molecule has 1 saturated heterocycles. The van der Waals surface area contributed by atoms with Gasteiger partial charge in [-0.25, -0.2) is 0 Å². The Kier molecular flexibility index (Phi) is 5.81. The minimum absolute atomic E-state index is 0.0667. The van der Waals surface area contributed by atoms with Crippen molar-refractivity contribution < 1.29 is 14.3 Å². The van der Waals surface area contributed by atoms with E-state index in [9.17, 15) is 4.79 Å². The molecule has 5 heteroatoms. The van der Waals surface area contributed by atoms with E-state index >= 15 is 0 Å². The van der Waals surface area contributed by atoms with E-state index < -0.39 is 0 Å². The summed E-state index contributed by atoms with van der Waals surface area (Å²) >= 11 is 0. The first-order valence-electron chi connectivity index (χ1n) is 7.68. The van der Waals surface area contributed by atoms with Gasteiger partial charge in [-0.3, -0.25) is 4.79 Å². The zero-order valence-electron chi connectivity index (χ0n) is 13.0. The molecule has 0 aromatic carbocycles. The highest BCUT2D eigenvalue weighted by atomic mass is 16.5. The van der Waals surface area contributed by atoms with Gasteiger partial charge in [0.2, 0.25) is 5.91 Å². The third-order valence-corrected chi connectivity index (χ3v) is 4.07. The molecular formula is C15H28N2O3. The number of likely N-dealkylation sites (N-methyl/N-ethyl adjacent to an activating group) is 1. The van der Waals surface area contributed by atoms with Crippen LogP contribution in [0.25, 0.3) is 0 Å². The highest BCUT2D eigenvalue weighted by Gasteiger charge is 2.29. The fourth-order valence-electron chi connectivity index (χ4n) is 2.83. The fourth-order valence-corrected chi connectivity index (χ4v) is 2.83. The van der Waals surface area contributed by atoms with Crippen LogP contribution in [-0.4, -0.2) is 75.4 Å². The Labute approximate surface area is 122 Å². The molecule has 0 N–H and O–H groups in total. The number of nitrogens with zero attached hydrogens (tertiary/aromatic N) is 2. The molecule has 0 spiro atoms. The van der Waals surface area contributed by atoms with Gasteiger partial charge in [-0.05, 0) is 25.8 Å². The smallest absolute Gasteiger partial charge is 0.227 e. The molecule has 0 bridgehead atoms. The maximum Gasteiger partial charge on any atom is 0.227 e. The van der Waals surface area contributed by atoms with E-state index in [4.69, 9.17) is 9.47 Å². The summed E-state index contributed by atoms with van der Waals surface area (Å²) in [7, 11) is 3.79. The van der Waals surface area contributed by atoms with Gasteiger partial charge in [0.15, 0.2) is 0 Å². The number of morpholine rings is 1. The van der Waals surface area contributed by atoms with Gasteiger partial charge in [-0.15, -0.1) is 0 Å². The number of hydrogen-bond donors (Lipinski definition) is 0. The lowest BCUT2D eigenvalue weighted by Gasteiger charge is -2.36. The van der Waals surface area contributed by atoms with Crippen molar-refractivity contribution in [1.29, 1.82) is 0 Å². The molecule has 1 aliphatic heterocycles. The topological polar surface area (TPSA) is 42.0 Å². The lowest BCUT2D eigenvalue weighted by molar-refractivity contribution is -0.144. The summed E-state index contributed by atoms with van der Waals surface area (Å²) < 4.78 is 10.9. The van der Waals surface area contributed by atoms with Crippen LogP contribution in [0.2, 0.25) is 0 Å². The van der Waals surface area contributed by atoms with Crippen LogP contribution in [0.4, 0.5) is 0 Å². The molecule has 5 nitrogen and oxygen atoms in total. The predicted molar refractivity (Wildman–Crippen MR) is 77.6 cm³/mol. The average Bonchev–Trinajstić information content (AvgIpc) is 3.22. The molecule has 1 saturated carbocycles. The normalized spacial score (nSPS) is 25.0. The van der Waals surface area contributed by atoms with Gasteiger partial charge in [0, 0.05) is 33.3 Å². The Hall–Kier alpha value is -0.650. The minimum Gasteiger partial charge on any atom is -0.384 e. The second-order valence-electron chi connectivity index (χ2n) is 6.30. The number of rotatable bonds is 7. The quantitative estimate of drug-likeness (QED) is 0.695. The van der Waals surface area contributed by atoms with Gasteiger partial charge < -0.3 is 19.3 Å². The fraction of sp³-hybridized carbons (Fsp3) is 0.933. The van der Waals surface area contributed by atoms with E-state index in [1.807, 2.05) is 11.8 Å². The molecule has 0 unspecified atom stereocenters. The molecular weight excluding hydrogens is 256 g/mol. The second kappa shape index (κ2) is 7.38. The lowest BCUT2D eigenvalue weighted by Crippen LogP contribution is -2.51. The number of carbonyl (C=O) groups excluding carboxylic acids is 1. The summed E-state index contributed by atoms with van der Waals surface area (Å²) in [6.45, 7) is 6.55. The zero-order chi connectivity index (χ0) is 14.5. The van der Waals surface area contributed by atoms with Gasteiger partial charge in [0.25, 0.3) is 0 Å². The van der Waals surface area contributed by atoms with Crippen LogP contribution in [-0.2, 0) is 14.3 Å².